The van der Waals surface area contributed by atoms with Gasteiger partial charge in [-0.1, -0.05) is 55.4 Å². The van der Waals surface area contributed by atoms with Crippen LogP contribution in [-0.4, -0.2) is 95.0 Å². The molecule has 0 bridgehead atoms. The quantitative estimate of drug-likeness (QED) is 0.164. The van der Waals surface area contributed by atoms with Crippen molar-refractivity contribution in [2.45, 2.75) is 93.7 Å². The number of rotatable bonds is 22. The summed E-state index contributed by atoms with van der Waals surface area (Å²) in [6, 6.07) is -1.38. The van der Waals surface area contributed by atoms with E-state index in [9.17, 15) is 19.2 Å². The zero-order valence-electron chi connectivity index (χ0n) is 27.0. The van der Waals surface area contributed by atoms with Gasteiger partial charge in [0.1, 0.15) is 6.04 Å². The minimum absolute atomic E-state index is 0.0461. The van der Waals surface area contributed by atoms with Crippen LogP contribution >= 0.6 is 0 Å². The maximum atomic E-state index is 12.7. The van der Waals surface area contributed by atoms with Crippen molar-refractivity contribution in [2.75, 3.05) is 59.4 Å². The Labute approximate surface area is 247 Å². The predicted molar refractivity (Wildman–Crippen MR) is 158 cm³/mol. The minimum atomic E-state index is -0.740. The van der Waals surface area contributed by atoms with Gasteiger partial charge in [0.2, 0.25) is 17.7 Å². The molecule has 0 aliphatic rings. The third kappa shape index (κ3) is 21.3. The molecule has 0 aliphatic carbocycles. The molecule has 0 fully saturated rings. The first-order valence-corrected chi connectivity index (χ1v) is 14.8. The van der Waals surface area contributed by atoms with Crippen LogP contribution in [0.1, 0.15) is 81.6 Å². The van der Waals surface area contributed by atoms with Crippen LogP contribution in [0.5, 0.6) is 0 Å². The van der Waals surface area contributed by atoms with Crippen molar-refractivity contribution < 1.29 is 38.1 Å². The highest BCUT2D eigenvalue weighted by molar-refractivity contribution is 5.94. The molecule has 0 aliphatic heterocycles. The van der Waals surface area contributed by atoms with Crippen LogP contribution in [0, 0.1) is 16.7 Å². The molecule has 0 unspecified atom stereocenters. The Morgan fingerprint density at radius 1 is 0.634 bits per heavy atom. The van der Waals surface area contributed by atoms with Crippen molar-refractivity contribution >= 4 is 23.5 Å². The largest absolute Gasteiger partial charge is 0.379 e. The van der Waals surface area contributed by atoms with Crippen molar-refractivity contribution in [1.29, 1.82) is 0 Å². The van der Waals surface area contributed by atoms with E-state index in [4.69, 9.17) is 18.9 Å². The monoisotopic (exact) mass is 587 g/mol. The van der Waals surface area contributed by atoms with Gasteiger partial charge in [-0.25, -0.2) is 0 Å². The highest BCUT2D eigenvalue weighted by atomic mass is 16.6. The fourth-order valence-electron chi connectivity index (χ4n) is 3.57. The molecule has 41 heavy (non-hydrogen) atoms. The summed E-state index contributed by atoms with van der Waals surface area (Å²) in [6.07, 6.45) is 1.48. The maximum Gasteiger partial charge on any atom is 0.243 e. The molecule has 3 amide bonds. The molecule has 0 heterocycles. The number of nitrogens with one attached hydrogen (secondary N) is 3. The van der Waals surface area contributed by atoms with Gasteiger partial charge < -0.3 is 34.9 Å². The average molecular weight is 588 g/mol. The summed E-state index contributed by atoms with van der Waals surface area (Å²) >= 11 is 0. The van der Waals surface area contributed by atoms with Crippen LogP contribution in [0.3, 0.4) is 0 Å². The molecule has 0 rings (SSSR count). The number of ether oxygens (including phenoxy) is 4. The van der Waals surface area contributed by atoms with Gasteiger partial charge in [0.05, 0.1) is 58.9 Å². The molecule has 0 radical (unpaired) electrons. The summed E-state index contributed by atoms with van der Waals surface area (Å²) < 4.78 is 21.8. The molecule has 0 saturated carbocycles. The summed E-state index contributed by atoms with van der Waals surface area (Å²) in [6.45, 7) is 20.6. The number of carbonyl (C=O) groups excluding carboxylic acids is 4. The Hall–Kier alpha value is -2.08. The van der Waals surface area contributed by atoms with Crippen LogP contribution in [0.2, 0.25) is 0 Å². The van der Waals surface area contributed by atoms with Gasteiger partial charge >= 0.3 is 0 Å². The lowest BCUT2D eigenvalue weighted by molar-refractivity contribution is -0.134. The van der Waals surface area contributed by atoms with Crippen molar-refractivity contribution in [2.24, 2.45) is 16.7 Å². The number of Topliss-reactive ketones (excluding diaryl/α,β-unsaturated/α-hetero) is 1. The second-order valence-electron chi connectivity index (χ2n) is 12.7. The fraction of sp³-hybridized carbons (Fsp3) is 0.867. The Kier molecular flexibility index (Phi) is 19.7. The van der Waals surface area contributed by atoms with E-state index in [1.165, 1.54) is 0 Å². The molecular weight excluding hydrogens is 530 g/mol. The van der Waals surface area contributed by atoms with E-state index >= 15 is 0 Å². The molecule has 11 heteroatoms. The van der Waals surface area contributed by atoms with Gasteiger partial charge in [-0.3, -0.25) is 19.2 Å². The summed E-state index contributed by atoms with van der Waals surface area (Å²) in [4.78, 5) is 49.1. The first-order valence-electron chi connectivity index (χ1n) is 14.8. The Morgan fingerprint density at radius 2 is 1.12 bits per heavy atom. The Morgan fingerprint density at radius 3 is 1.59 bits per heavy atom. The van der Waals surface area contributed by atoms with Crippen molar-refractivity contribution in [3.8, 4) is 0 Å². The number of carbonyl (C=O) groups is 4. The standard InChI is InChI=1S/C30H57N3O8/c1-22(2)26(28(37)32-23(3)27(36)30(7,8)9)33-25(35)11-14-38-16-18-40-20-21-41-19-17-39-15-13-31-24(34)10-12-29(4,5)6/h22-23,26H,10-21H2,1-9H3,(H,31,34)(H,32,37)(H,33,35)/t23-,26-/m0/s1. The molecule has 240 valence electrons. The van der Waals surface area contributed by atoms with Gasteiger partial charge in [0.15, 0.2) is 5.78 Å². The lowest BCUT2D eigenvalue weighted by Crippen LogP contribution is -2.54. The summed E-state index contributed by atoms with van der Waals surface area (Å²) in [5.74, 6) is -0.846. The molecule has 2 atom stereocenters. The molecule has 0 aromatic rings. The molecule has 0 spiro atoms. The van der Waals surface area contributed by atoms with Crippen molar-refractivity contribution in [3.63, 3.8) is 0 Å². The number of ketones is 1. The van der Waals surface area contributed by atoms with Crippen LogP contribution in [0.15, 0.2) is 0 Å². The normalized spacial score (nSPS) is 13.5. The van der Waals surface area contributed by atoms with E-state index in [0.717, 1.165) is 6.42 Å². The van der Waals surface area contributed by atoms with E-state index < -0.39 is 17.5 Å². The van der Waals surface area contributed by atoms with Gasteiger partial charge in [0, 0.05) is 24.8 Å². The summed E-state index contributed by atoms with van der Waals surface area (Å²) in [5, 5.41) is 8.31. The zero-order chi connectivity index (χ0) is 31.5. The average Bonchev–Trinajstić information content (AvgIpc) is 2.86. The van der Waals surface area contributed by atoms with Crippen LogP contribution in [-0.2, 0) is 38.1 Å². The predicted octanol–water partition coefficient (Wildman–Crippen LogP) is 2.65. The van der Waals surface area contributed by atoms with Gasteiger partial charge in [-0.2, -0.15) is 0 Å². The molecule has 11 nitrogen and oxygen atoms in total. The van der Waals surface area contributed by atoms with E-state index in [1.54, 1.807) is 27.7 Å². The SMILES string of the molecule is CC(C)[C@H](NC(=O)CCOCCOCCOCCOCCNC(=O)CCC(C)(C)C)C(=O)N[C@@H](C)C(=O)C(C)(C)C. The molecule has 3 N–H and O–H groups in total. The lowest BCUT2D eigenvalue weighted by Gasteiger charge is -2.26. The topological polar surface area (TPSA) is 141 Å². The highest BCUT2D eigenvalue weighted by Crippen LogP contribution is 2.20. The second-order valence-corrected chi connectivity index (χ2v) is 12.7. The number of amides is 3. The van der Waals surface area contributed by atoms with Gasteiger partial charge in [-0.05, 0) is 24.7 Å². The van der Waals surface area contributed by atoms with E-state index in [1.807, 2.05) is 13.8 Å². The second kappa shape index (κ2) is 20.7. The van der Waals surface area contributed by atoms with Crippen LogP contribution < -0.4 is 16.0 Å². The lowest BCUT2D eigenvalue weighted by atomic mass is 9.87. The fourth-order valence-corrected chi connectivity index (χ4v) is 3.57. The Bertz CT molecular complexity index is 775. The zero-order valence-corrected chi connectivity index (χ0v) is 27.0. The van der Waals surface area contributed by atoms with E-state index in [0.29, 0.717) is 59.2 Å². The molecule has 0 aromatic heterocycles. The van der Waals surface area contributed by atoms with E-state index in [2.05, 4.69) is 36.7 Å². The summed E-state index contributed by atoms with van der Waals surface area (Å²) in [7, 11) is 0. The third-order valence-corrected chi connectivity index (χ3v) is 6.02. The molecule has 0 saturated heterocycles. The van der Waals surface area contributed by atoms with Crippen LogP contribution in [0.4, 0.5) is 0 Å². The smallest absolute Gasteiger partial charge is 0.243 e. The minimum Gasteiger partial charge on any atom is -0.379 e. The van der Waals surface area contributed by atoms with Gasteiger partial charge in [0.25, 0.3) is 0 Å². The summed E-state index contributed by atoms with van der Waals surface area (Å²) in [5.41, 5.74) is -0.421. The molecular formula is C30H57N3O8. The van der Waals surface area contributed by atoms with E-state index in [-0.39, 0.29) is 47.9 Å². The van der Waals surface area contributed by atoms with Crippen LogP contribution in [0.25, 0.3) is 0 Å². The van der Waals surface area contributed by atoms with Gasteiger partial charge in [-0.15, -0.1) is 0 Å². The Balaban J connectivity index is 3.80. The van der Waals surface area contributed by atoms with Crippen molar-refractivity contribution in [3.05, 3.63) is 0 Å². The highest BCUT2D eigenvalue weighted by Gasteiger charge is 2.31. The van der Waals surface area contributed by atoms with Crippen molar-refractivity contribution in [1.82, 2.24) is 16.0 Å². The number of hydrogen-bond donors (Lipinski definition) is 3. The first kappa shape index (κ1) is 38.9. The molecule has 0 aromatic carbocycles. The number of hydrogen-bond acceptors (Lipinski definition) is 8. The third-order valence-electron chi connectivity index (χ3n) is 6.02. The maximum absolute atomic E-state index is 12.7. The first-order chi connectivity index (χ1) is 19.0.